The lowest BCUT2D eigenvalue weighted by Gasteiger charge is -1.89. The first kappa shape index (κ1) is 16.4. The number of hydrogen-bond acceptors (Lipinski definition) is 4. The number of hydrogen-bond donors (Lipinski definition) is 0. The molecule has 6 nitrogen and oxygen atoms in total. The number of benzene rings is 1. The maximum Gasteiger partial charge on any atom is 0.194 e. The third-order valence-electron chi connectivity index (χ3n) is 1.25. The summed E-state index contributed by atoms with van der Waals surface area (Å²) in [6.45, 7) is 2.16. The molecule has 16 heavy (non-hydrogen) atoms. The van der Waals surface area contributed by atoms with Crippen LogP contribution in [0, 0.1) is 20.2 Å². The molecule has 0 aliphatic heterocycles. The Hall–Kier alpha value is -1.98. The van der Waals surface area contributed by atoms with Gasteiger partial charge >= 0.3 is 0 Å². The molecular formula is C10H16N2O4. The Labute approximate surface area is 94.2 Å². The molecule has 1 aromatic rings. The van der Waals surface area contributed by atoms with Crippen LogP contribution >= 0.6 is 0 Å². The first-order valence-corrected chi connectivity index (χ1v) is 4.60. The molecule has 0 aliphatic carbocycles. The Kier molecular flexibility index (Phi) is 11.4. The molecule has 0 heterocycles. The van der Waals surface area contributed by atoms with Crippen molar-refractivity contribution in [2.45, 2.75) is 13.3 Å². The van der Waals surface area contributed by atoms with Gasteiger partial charge in [-0.1, -0.05) is 37.3 Å². The summed E-state index contributed by atoms with van der Waals surface area (Å²) in [6.07, 6.45) is 1.14. The van der Waals surface area contributed by atoms with Crippen molar-refractivity contribution in [2.24, 2.45) is 0 Å². The lowest BCUT2D eigenvalue weighted by molar-refractivity contribution is -0.445. The molecule has 0 saturated carbocycles. The smallest absolute Gasteiger partial charge is 0.194 e. The summed E-state index contributed by atoms with van der Waals surface area (Å²) in [5.74, 6) is 0. The Morgan fingerprint density at radius 3 is 1.50 bits per heavy atom. The zero-order chi connectivity index (χ0) is 13.0. The van der Waals surface area contributed by atoms with E-state index in [9.17, 15) is 0 Å². The van der Waals surface area contributed by atoms with Gasteiger partial charge in [-0.25, -0.2) is 0 Å². The minimum Gasteiger partial charge on any atom is -0.265 e. The van der Waals surface area contributed by atoms with Crippen molar-refractivity contribution in [3.05, 3.63) is 56.1 Å². The van der Waals surface area contributed by atoms with Crippen LogP contribution in [0.25, 0.3) is 0 Å². The van der Waals surface area contributed by atoms with E-state index in [1.54, 1.807) is 0 Å². The predicted molar refractivity (Wildman–Crippen MR) is 61.7 cm³/mol. The van der Waals surface area contributed by atoms with E-state index in [4.69, 9.17) is 20.2 Å². The molecule has 90 valence electrons. The minimum atomic E-state index is -0.500. The van der Waals surface area contributed by atoms with Gasteiger partial charge in [0, 0.05) is 9.85 Å². The zero-order valence-electron chi connectivity index (χ0n) is 9.62. The Morgan fingerprint density at radius 1 is 1.00 bits per heavy atom. The highest BCUT2D eigenvalue weighted by Crippen LogP contribution is 1.96. The van der Waals surface area contributed by atoms with Gasteiger partial charge in [-0.15, -0.1) is 0 Å². The highest BCUT2D eigenvalue weighted by molar-refractivity contribution is 5.13. The summed E-state index contributed by atoms with van der Waals surface area (Å²) >= 11 is 0. The van der Waals surface area contributed by atoms with Crippen LogP contribution in [0.3, 0.4) is 0 Å². The van der Waals surface area contributed by atoms with Crippen LogP contribution in [-0.4, -0.2) is 23.9 Å². The van der Waals surface area contributed by atoms with Crippen LogP contribution in [0.4, 0.5) is 0 Å². The van der Waals surface area contributed by atoms with Crippen LogP contribution in [-0.2, 0) is 6.42 Å². The number of rotatable bonds is 1. The predicted octanol–water partition coefficient (Wildman–Crippen LogP) is 2.03. The third-order valence-corrected chi connectivity index (χ3v) is 1.25. The van der Waals surface area contributed by atoms with E-state index in [0.717, 1.165) is 20.5 Å². The molecule has 0 amide bonds. The first-order valence-electron chi connectivity index (χ1n) is 4.60. The van der Waals surface area contributed by atoms with Crippen LogP contribution < -0.4 is 0 Å². The molecular weight excluding hydrogens is 212 g/mol. The Bertz CT molecular complexity index is 281. The molecule has 0 bridgehead atoms. The van der Waals surface area contributed by atoms with E-state index in [-0.39, 0.29) is 0 Å². The molecule has 0 spiro atoms. The van der Waals surface area contributed by atoms with Gasteiger partial charge in [0.25, 0.3) is 0 Å². The normalized spacial score (nSPS) is 7.69. The Balaban J connectivity index is 0. The number of nitrogens with zero attached hydrogens (tertiary/aromatic N) is 2. The minimum absolute atomic E-state index is 0.500. The molecule has 0 atom stereocenters. The number of aryl methyl sites for hydroxylation is 1. The van der Waals surface area contributed by atoms with Crippen molar-refractivity contribution in [3.63, 3.8) is 0 Å². The van der Waals surface area contributed by atoms with Crippen molar-refractivity contribution >= 4 is 0 Å². The van der Waals surface area contributed by atoms with Gasteiger partial charge in [0.05, 0.1) is 0 Å². The fourth-order valence-corrected chi connectivity index (χ4v) is 0.714. The molecule has 0 unspecified atom stereocenters. The highest BCUT2D eigenvalue weighted by atomic mass is 16.6. The molecule has 0 fully saturated rings. The maximum absolute atomic E-state index is 8.81. The fraction of sp³-hybridized carbons (Fsp3) is 0.400. The zero-order valence-corrected chi connectivity index (χ0v) is 9.62. The average molecular weight is 228 g/mol. The van der Waals surface area contributed by atoms with Gasteiger partial charge in [-0.2, -0.15) is 0 Å². The SMILES string of the molecule is CCc1ccccc1.C[N+](=O)[O-].C[N+](=O)[O-]. The van der Waals surface area contributed by atoms with E-state index in [1.807, 2.05) is 6.07 Å². The van der Waals surface area contributed by atoms with E-state index >= 15 is 0 Å². The summed E-state index contributed by atoms with van der Waals surface area (Å²) in [7, 11) is 1.78. The topological polar surface area (TPSA) is 86.3 Å². The van der Waals surface area contributed by atoms with E-state index < -0.39 is 9.85 Å². The summed E-state index contributed by atoms with van der Waals surface area (Å²) in [5.41, 5.74) is 1.41. The molecule has 0 radical (unpaired) electrons. The molecule has 6 heteroatoms. The molecule has 0 aromatic heterocycles. The van der Waals surface area contributed by atoms with Crippen LogP contribution in [0.2, 0.25) is 0 Å². The van der Waals surface area contributed by atoms with Crippen molar-refractivity contribution < 1.29 is 9.85 Å². The van der Waals surface area contributed by atoms with Gasteiger partial charge in [0.1, 0.15) is 0 Å². The quantitative estimate of drug-likeness (QED) is 0.543. The highest BCUT2D eigenvalue weighted by Gasteiger charge is 1.79. The lowest BCUT2D eigenvalue weighted by atomic mass is 10.2. The second-order valence-corrected chi connectivity index (χ2v) is 2.72. The van der Waals surface area contributed by atoms with Gasteiger partial charge in [0.2, 0.25) is 0 Å². The van der Waals surface area contributed by atoms with Crippen LogP contribution in [0.15, 0.2) is 30.3 Å². The van der Waals surface area contributed by atoms with Crippen molar-refractivity contribution in [1.29, 1.82) is 0 Å². The van der Waals surface area contributed by atoms with E-state index in [2.05, 4.69) is 31.2 Å². The Morgan fingerprint density at radius 2 is 1.31 bits per heavy atom. The van der Waals surface area contributed by atoms with Gasteiger partial charge in [-0.05, 0) is 12.0 Å². The van der Waals surface area contributed by atoms with Gasteiger partial charge < -0.3 is 0 Å². The second kappa shape index (κ2) is 11.1. The van der Waals surface area contributed by atoms with Crippen LogP contribution in [0.1, 0.15) is 12.5 Å². The molecule has 1 rings (SSSR count). The largest absolute Gasteiger partial charge is 0.265 e. The van der Waals surface area contributed by atoms with Crippen LogP contribution in [0.5, 0.6) is 0 Å². The van der Waals surface area contributed by atoms with Crippen molar-refractivity contribution in [1.82, 2.24) is 0 Å². The second-order valence-electron chi connectivity index (χ2n) is 2.72. The standard InChI is InChI=1S/C8H10.2CH3NO2/c1-2-8-6-4-3-5-7-8;2*1-2(3)4/h3-7H,2H2,1H3;2*1H3. The van der Waals surface area contributed by atoms with Crippen molar-refractivity contribution in [3.8, 4) is 0 Å². The summed E-state index contributed by atoms with van der Waals surface area (Å²) in [4.78, 5) is 16.6. The molecule has 1 aromatic carbocycles. The van der Waals surface area contributed by atoms with E-state index in [1.165, 1.54) is 5.56 Å². The van der Waals surface area contributed by atoms with Crippen molar-refractivity contribution in [2.75, 3.05) is 14.1 Å². The third kappa shape index (κ3) is 22.7. The maximum atomic E-state index is 8.81. The van der Waals surface area contributed by atoms with Gasteiger partial charge in [0.15, 0.2) is 14.1 Å². The number of nitro groups is 2. The molecule has 0 saturated heterocycles. The van der Waals surface area contributed by atoms with Gasteiger partial charge in [-0.3, -0.25) is 20.2 Å². The molecule has 0 aliphatic rings. The fourth-order valence-electron chi connectivity index (χ4n) is 0.714. The first-order chi connectivity index (χ1) is 7.40. The summed E-state index contributed by atoms with van der Waals surface area (Å²) < 4.78 is 0. The summed E-state index contributed by atoms with van der Waals surface area (Å²) in [5, 5.41) is 17.6. The lowest BCUT2D eigenvalue weighted by Crippen LogP contribution is -1.79. The monoisotopic (exact) mass is 228 g/mol. The van der Waals surface area contributed by atoms with E-state index in [0.29, 0.717) is 0 Å². The average Bonchev–Trinajstić information content (AvgIpc) is 2.17. The summed E-state index contributed by atoms with van der Waals surface area (Å²) in [6, 6.07) is 10.5. The molecule has 0 N–H and O–H groups in total.